The van der Waals surface area contributed by atoms with Crippen LogP contribution in [0, 0.1) is 5.82 Å². The molecule has 134 valence electrons. The molecule has 1 aromatic carbocycles. The number of aryl methyl sites for hydroxylation is 1. The molecule has 1 aliphatic carbocycles. The Kier molecular flexibility index (Phi) is 5.51. The number of nitrogens with zero attached hydrogens (tertiary/aromatic N) is 3. The van der Waals surface area contributed by atoms with E-state index in [-0.39, 0.29) is 35.7 Å². The third-order valence-electron chi connectivity index (χ3n) is 3.90. The van der Waals surface area contributed by atoms with Crippen LogP contribution in [0.5, 0.6) is 0 Å². The van der Waals surface area contributed by atoms with Gasteiger partial charge in [-0.3, -0.25) is 0 Å². The van der Waals surface area contributed by atoms with E-state index in [0.717, 1.165) is 35.7 Å². The summed E-state index contributed by atoms with van der Waals surface area (Å²) in [5.41, 5.74) is 2.03. The Balaban J connectivity index is 1.75. The van der Waals surface area contributed by atoms with Gasteiger partial charge < -0.3 is 20.7 Å². The number of halogens is 1. The quantitative estimate of drug-likeness (QED) is 0.196. The normalized spacial score (nSPS) is 18.2. The first-order chi connectivity index (χ1) is 12.1. The summed E-state index contributed by atoms with van der Waals surface area (Å²) in [6.07, 6.45) is 0.587. The van der Waals surface area contributed by atoms with Crippen molar-refractivity contribution in [1.29, 1.82) is 0 Å². The Hall–Kier alpha value is -2.17. The molecule has 0 unspecified atom stereocenters. The zero-order valence-corrected chi connectivity index (χ0v) is 13.9. The first-order valence-electron chi connectivity index (χ1n) is 7.64. The lowest BCUT2D eigenvalue weighted by molar-refractivity contribution is 0.113. The molecule has 0 aliphatic heterocycles. The molecule has 0 radical (unpaired) electrons. The minimum Gasteiger partial charge on any atom is -0.409 e. The van der Waals surface area contributed by atoms with Gasteiger partial charge in [0.25, 0.3) is 0 Å². The monoisotopic (exact) mass is 368 g/mol. The highest BCUT2D eigenvalue weighted by Crippen LogP contribution is 2.32. The second-order valence-corrected chi connectivity index (χ2v) is 6.60. The zero-order valence-electron chi connectivity index (χ0n) is 13.1. The molecule has 0 fully saturated rings. The average Bonchev–Trinajstić information content (AvgIpc) is 3.24. The Labute approximate surface area is 146 Å². The first-order valence-corrected chi connectivity index (χ1v) is 8.62. The molecule has 3 rings (SSSR count). The van der Waals surface area contributed by atoms with Crippen molar-refractivity contribution in [3.8, 4) is 0 Å². The summed E-state index contributed by atoms with van der Waals surface area (Å²) in [7, 11) is 0. The number of thioether (sulfide) groups is 1. The van der Waals surface area contributed by atoms with Gasteiger partial charge in [-0.2, -0.15) is 0 Å². The van der Waals surface area contributed by atoms with E-state index < -0.39 is 6.10 Å². The highest BCUT2D eigenvalue weighted by molar-refractivity contribution is 7.99. The summed E-state index contributed by atoms with van der Waals surface area (Å²) in [5, 5.41) is 41.7. The van der Waals surface area contributed by atoms with Crippen molar-refractivity contribution in [3.05, 3.63) is 40.8 Å². The number of hydrogen-bond acceptors (Lipinski definition) is 8. The van der Waals surface area contributed by atoms with Crippen LogP contribution in [0.2, 0.25) is 0 Å². The van der Waals surface area contributed by atoms with E-state index >= 15 is 0 Å². The second kappa shape index (κ2) is 7.81. The van der Waals surface area contributed by atoms with Crippen LogP contribution in [0.4, 0.5) is 4.39 Å². The van der Waals surface area contributed by atoms with E-state index in [1.165, 1.54) is 12.1 Å². The fourth-order valence-corrected chi connectivity index (χ4v) is 3.49. The maximum absolute atomic E-state index is 13.5. The molecule has 0 amide bonds. The molecule has 1 aromatic heterocycles. The molecule has 0 saturated carbocycles. The predicted molar refractivity (Wildman–Crippen MR) is 87.0 cm³/mol. The molecule has 25 heavy (non-hydrogen) atoms. The second-order valence-electron chi connectivity index (χ2n) is 5.59. The fourth-order valence-electron chi connectivity index (χ4n) is 2.68. The molecule has 0 saturated heterocycles. The van der Waals surface area contributed by atoms with Crippen molar-refractivity contribution in [3.63, 3.8) is 0 Å². The van der Waals surface area contributed by atoms with Crippen molar-refractivity contribution in [2.45, 2.75) is 30.0 Å². The van der Waals surface area contributed by atoms with Gasteiger partial charge in [0.05, 0.1) is 18.8 Å². The summed E-state index contributed by atoms with van der Waals surface area (Å²) in [5.74, 6) is -0.106. The molecule has 2 atom stereocenters. The zero-order chi connectivity index (χ0) is 17.8. The number of amidine groups is 1. The molecule has 4 N–H and O–H groups in total. The minimum atomic E-state index is -0.915. The summed E-state index contributed by atoms with van der Waals surface area (Å²) in [4.78, 5) is 0. The third-order valence-corrected chi connectivity index (χ3v) is 5.00. The summed E-state index contributed by atoms with van der Waals surface area (Å²) < 4.78 is 18.2. The molecule has 0 bridgehead atoms. The van der Waals surface area contributed by atoms with Crippen molar-refractivity contribution < 1.29 is 24.4 Å². The number of hydrogen-bond donors (Lipinski definition) is 4. The number of fused-ring (bicyclic) bond motifs is 1. The van der Waals surface area contributed by atoms with E-state index in [1.54, 1.807) is 6.07 Å². The Morgan fingerprint density at radius 2 is 2.32 bits per heavy atom. The Morgan fingerprint density at radius 1 is 1.48 bits per heavy atom. The maximum Gasteiger partial charge on any atom is 0.198 e. The lowest BCUT2D eigenvalue weighted by Crippen LogP contribution is -2.29. The summed E-state index contributed by atoms with van der Waals surface area (Å²) in [6, 6.07) is 4.40. The third kappa shape index (κ3) is 3.91. The fraction of sp³-hybridized carbons (Fsp3) is 0.400. The molecular weight excluding hydrogens is 351 g/mol. The molecule has 0 spiro atoms. The highest BCUT2D eigenvalue weighted by atomic mass is 32.2. The average molecular weight is 368 g/mol. The number of rotatable bonds is 6. The molecular formula is C15H17FN4O4S. The van der Waals surface area contributed by atoms with E-state index in [2.05, 4.69) is 20.8 Å². The van der Waals surface area contributed by atoms with E-state index in [9.17, 15) is 14.7 Å². The van der Waals surface area contributed by atoms with Gasteiger partial charge in [0.15, 0.2) is 16.6 Å². The standard InChI is InChI=1S/C15H17FN4O4S/c16-9-3-1-8-2-4-12(11(8)5-9)17-14(18-23)13-15(20-24-19-13)25-7-10(22)6-21/h1,3,5,10,12,21-23H,2,4,6-7H2,(H,17,18)/t10-,12+/m0/s1. The van der Waals surface area contributed by atoms with E-state index in [1.807, 2.05) is 0 Å². The van der Waals surface area contributed by atoms with Crippen LogP contribution >= 0.6 is 11.8 Å². The van der Waals surface area contributed by atoms with Crippen molar-refractivity contribution in [2.75, 3.05) is 12.4 Å². The molecule has 2 aromatic rings. The number of aromatic nitrogens is 2. The van der Waals surface area contributed by atoms with Crippen molar-refractivity contribution >= 4 is 17.6 Å². The molecule has 1 heterocycles. The van der Waals surface area contributed by atoms with Crippen molar-refractivity contribution in [1.82, 2.24) is 15.6 Å². The molecule has 1 aliphatic rings. The van der Waals surface area contributed by atoms with Gasteiger partial charge >= 0.3 is 0 Å². The van der Waals surface area contributed by atoms with Gasteiger partial charge in [-0.25, -0.2) is 9.02 Å². The number of oxime groups is 1. The number of benzene rings is 1. The van der Waals surface area contributed by atoms with Gasteiger partial charge in [0.1, 0.15) is 5.82 Å². The van der Waals surface area contributed by atoms with Crippen molar-refractivity contribution in [2.24, 2.45) is 5.16 Å². The smallest absolute Gasteiger partial charge is 0.198 e. The van der Waals surface area contributed by atoms with Gasteiger partial charge in [-0.15, -0.1) is 0 Å². The lowest BCUT2D eigenvalue weighted by Gasteiger charge is -2.15. The Bertz CT molecular complexity index is 770. The Morgan fingerprint density at radius 3 is 3.08 bits per heavy atom. The number of nitrogens with one attached hydrogen (secondary N) is 1. The number of aliphatic hydroxyl groups is 2. The first kappa shape index (κ1) is 17.6. The topological polar surface area (TPSA) is 124 Å². The van der Waals surface area contributed by atoms with Gasteiger partial charge in [-0.1, -0.05) is 23.0 Å². The van der Waals surface area contributed by atoms with E-state index in [4.69, 9.17) is 9.74 Å². The van der Waals surface area contributed by atoms with Crippen LogP contribution in [-0.4, -0.2) is 50.0 Å². The van der Waals surface area contributed by atoms with Crippen LogP contribution in [0.25, 0.3) is 0 Å². The summed E-state index contributed by atoms with van der Waals surface area (Å²) in [6.45, 7) is -0.378. The summed E-state index contributed by atoms with van der Waals surface area (Å²) >= 11 is 1.11. The minimum absolute atomic E-state index is 0.0457. The predicted octanol–water partition coefficient (Wildman–Crippen LogP) is 1.07. The largest absolute Gasteiger partial charge is 0.409 e. The van der Waals surface area contributed by atoms with E-state index in [0.29, 0.717) is 5.03 Å². The van der Waals surface area contributed by atoms with Crippen LogP contribution in [0.3, 0.4) is 0 Å². The lowest BCUT2D eigenvalue weighted by atomic mass is 10.1. The highest BCUT2D eigenvalue weighted by Gasteiger charge is 2.27. The number of aliphatic hydroxyl groups excluding tert-OH is 2. The van der Waals surface area contributed by atoms with Crippen LogP contribution in [-0.2, 0) is 6.42 Å². The molecule has 8 nitrogen and oxygen atoms in total. The van der Waals surface area contributed by atoms with Gasteiger partial charge in [-0.05, 0) is 46.4 Å². The SMILES string of the molecule is OC[C@H](O)CSc1nonc1/C(=N/O)N[C@@H]1CCc2ccc(F)cc21. The van der Waals surface area contributed by atoms with Gasteiger partial charge in [0.2, 0.25) is 0 Å². The van der Waals surface area contributed by atoms with Crippen LogP contribution in [0.15, 0.2) is 33.0 Å². The molecule has 10 heteroatoms. The van der Waals surface area contributed by atoms with Gasteiger partial charge in [0, 0.05) is 5.75 Å². The van der Waals surface area contributed by atoms with Crippen LogP contribution in [0.1, 0.15) is 29.3 Å². The van der Waals surface area contributed by atoms with Crippen LogP contribution < -0.4 is 5.32 Å². The maximum atomic E-state index is 13.5.